The second kappa shape index (κ2) is 7.82. The average molecular weight is 384 g/mol. The van der Waals surface area contributed by atoms with E-state index in [1.54, 1.807) is 15.9 Å². The van der Waals surface area contributed by atoms with Crippen molar-refractivity contribution in [3.05, 3.63) is 56.7 Å². The topological polar surface area (TPSA) is 58.4 Å². The number of rotatable bonds is 5. The zero-order valence-corrected chi connectivity index (χ0v) is 16.5. The van der Waals surface area contributed by atoms with Crippen LogP contribution in [0.3, 0.4) is 0 Å². The predicted molar refractivity (Wildman–Crippen MR) is 111 cm³/mol. The number of nitrogens with zero attached hydrogens (tertiary/aromatic N) is 3. The lowest BCUT2D eigenvalue weighted by molar-refractivity contribution is 0.303. The van der Waals surface area contributed by atoms with Gasteiger partial charge in [-0.15, -0.1) is 11.3 Å². The van der Waals surface area contributed by atoms with Gasteiger partial charge in [-0.2, -0.15) is 0 Å². The first-order chi connectivity index (χ1) is 13.2. The fourth-order valence-corrected chi connectivity index (χ4v) is 5.10. The molecule has 0 saturated carbocycles. The SMILES string of the molecule is CN(CCO)c1nc2sc3c(c2c(=O)n1Cc1ccccc1)CCCCC3. The molecule has 0 unspecified atom stereocenters. The van der Waals surface area contributed by atoms with E-state index in [1.807, 2.05) is 42.3 Å². The molecular formula is C21H25N3O2S. The van der Waals surface area contributed by atoms with Crippen LogP contribution >= 0.6 is 11.3 Å². The van der Waals surface area contributed by atoms with Crippen LogP contribution in [-0.4, -0.2) is 34.9 Å². The van der Waals surface area contributed by atoms with Crippen molar-refractivity contribution in [1.29, 1.82) is 0 Å². The van der Waals surface area contributed by atoms with Crippen LogP contribution in [0.25, 0.3) is 10.2 Å². The summed E-state index contributed by atoms with van der Waals surface area (Å²) in [5.41, 5.74) is 2.34. The van der Waals surface area contributed by atoms with Crippen molar-refractivity contribution in [2.75, 3.05) is 25.1 Å². The minimum Gasteiger partial charge on any atom is -0.395 e. The lowest BCUT2D eigenvalue weighted by Gasteiger charge is -2.21. The number of likely N-dealkylation sites (N-methyl/N-ethyl adjacent to an activating group) is 1. The first kappa shape index (κ1) is 18.2. The molecule has 5 nitrogen and oxygen atoms in total. The largest absolute Gasteiger partial charge is 0.395 e. The van der Waals surface area contributed by atoms with E-state index in [0.717, 1.165) is 35.0 Å². The maximum absolute atomic E-state index is 13.5. The van der Waals surface area contributed by atoms with Crippen LogP contribution in [0, 0.1) is 0 Å². The maximum Gasteiger partial charge on any atom is 0.264 e. The van der Waals surface area contributed by atoms with Gasteiger partial charge >= 0.3 is 0 Å². The van der Waals surface area contributed by atoms with E-state index >= 15 is 0 Å². The van der Waals surface area contributed by atoms with Crippen LogP contribution in [-0.2, 0) is 19.4 Å². The van der Waals surface area contributed by atoms with Crippen LogP contribution in [0.15, 0.2) is 35.1 Å². The van der Waals surface area contributed by atoms with E-state index in [4.69, 9.17) is 4.98 Å². The minimum atomic E-state index is 0.0245. The Morgan fingerprint density at radius 2 is 1.96 bits per heavy atom. The van der Waals surface area contributed by atoms with Gasteiger partial charge in [0.05, 0.1) is 18.5 Å². The molecule has 0 radical (unpaired) electrons. The predicted octanol–water partition coefficient (Wildman–Crippen LogP) is 3.20. The van der Waals surface area contributed by atoms with Crippen molar-refractivity contribution in [3.8, 4) is 0 Å². The summed E-state index contributed by atoms with van der Waals surface area (Å²) in [5, 5.41) is 10.2. The molecule has 1 N–H and O–H groups in total. The summed E-state index contributed by atoms with van der Waals surface area (Å²) in [4.78, 5) is 22.5. The zero-order chi connectivity index (χ0) is 18.8. The Hall–Kier alpha value is -2.18. The molecule has 0 saturated heterocycles. The van der Waals surface area contributed by atoms with Crippen LogP contribution in [0.4, 0.5) is 5.95 Å². The number of aliphatic hydroxyl groups excluding tert-OH is 1. The van der Waals surface area contributed by atoms with Gasteiger partial charge in [0, 0.05) is 18.5 Å². The molecule has 0 spiro atoms. The molecule has 2 aromatic heterocycles. The molecule has 6 heteroatoms. The number of aryl methyl sites for hydroxylation is 2. The molecule has 0 amide bonds. The smallest absolute Gasteiger partial charge is 0.264 e. The molecule has 0 atom stereocenters. The van der Waals surface area contributed by atoms with Gasteiger partial charge in [0.15, 0.2) is 0 Å². The van der Waals surface area contributed by atoms with Gasteiger partial charge in [0.25, 0.3) is 5.56 Å². The second-order valence-electron chi connectivity index (χ2n) is 7.18. The normalized spacial score (nSPS) is 14.1. The van der Waals surface area contributed by atoms with Gasteiger partial charge in [0.2, 0.25) is 5.95 Å². The van der Waals surface area contributed by atoms with Crippen LogP contribution in [0.5, 0.6) is 0 Å². The summed E-state index contributed by atoms with van der Waals surface area (Å²) < 4.78 is 1.77. The highest BCUT2D eigenvalue weighted by atomic mass is 32.1. The van der Waals surface area contributed by atoms with Crippen molar-refractivity contribution >= 4 is 27.5 Å². The third-order valence-electron chi connectivity index (χ3n) is 5.27. The van der Waals surface area contributed by atoms with Crippen LogP contribution in [0.2, 0.25) is 0 Å². The average Bonchev–Trinajstić information content (AvgIpc) is 2.86. The summed E-state index contributed by atoms with van der Waals surface area (Å²) in [6.45, 7) is 0.951. The Labute approximate surface area is 162 Å². The lowest BCUT2D eigenvalue weighted by atomic mass is 10.1. The third-order valence-corrected chi connectivity index (χ3v) is 6.45. The zero-order valence-electron chi connectivity index (χ0n) is 15.6. The third kappa shape index (κ3) is 3.51. The van der Waals surface area contributed by atoms with E-state index in [0.29, 0.717) is 19.0 Å². The van der Waals surface area contributed by atoms with E-state index in [9.17, 15) is 9.90 Å². The van der Waals surface area contributed by atoms with Gasteiger partial charge in [-0.05, 0) is 36.8 Å². The van der Waals surface area contributed by atoms with Crippen molar-refractivity contribution in [1.82, 2.24) is 9.55 Å². The highest BCUT2D eigenvalue weighted by Gasteiger charge is 2.22. The number of anilines is 1. The van der Waals surface area contributed by atoms with Crippen molar-refractivity contribution in [2.24, 2.45) is 0 Å². The Balaban J connectivity index is 1.91. The highest BCUT2D eigenvalue weighted by Crippen LogP contribution is 2.34. The quantitative estimate of drug-likeness (QED) is 0.688. The first-order valence-corrected chi connectivity index (χ1v) is 10.4. The van der Waals surface area contributed by atoms with Gasteiger partial charge < -0.3 is 10.0 Å². The molecular weight excluding hydrogens is 358 g/mol. The van der Waals surface area contributed by atoms with Crippen LogP contribution < -0.4 is 10.5 Å². The van der Waals surface area contributed by atoms with Gasteiger partial charge in [-0.3, -0.25) is 9.36 Å². The van der Waals surface area contributed by atoms with Crippen molar-refractivity contribution in [3.63, 3.8) is 0 Å². The Morgan fingerprint density at radius 3 is 2.74 bits per heavy atom. The number of hydrogen-bond donors (Lipinski definition) is 1. The molecule has 3 aromatic rings. The van der Waals surface area contributed by atoms with Crippen molar-refractivity contribution in [2.45, 2.75) is 38.6 Å². The monoisotopic (exact) mass is 383 g/mol. The maximum atomic E-state index is 13.5. The summed E-state index contributed by atoms with van der Waals surface area (Å²) in [6.07, 6.45) is 5.59. The van der Waals surface area contributed by atoms with Crippen LogP contribution in [0.1, 0.15) is 35.3 Å². The van der Waals surface area contributed by atoms with Gasteiger partial charge in [0.1, 0.15) is 4.83 Å². The summed E-state index contributed by atoms with van der Waals surface area (Å²) >= 11 is 1.68. The molecule has 27 heavy (non-hydrogen) atoms. The summed E-state index contributed by atoms with van der Waals surface area (Å²) in [5.74, 6) is 0.627. The Morgan fingerprint density at radius 1 is 1.19 bits per heavy atom. The number of aromatic nitrogens is 2. The summed E-state index contributed by atoms with van der Waals surface area (Å²) in [6, 6.07) is 10.0. The molecule has 0 bridgehead atoms. The molecule has 142 valence electrons. The Bertz CT molecular complexity index is 994. The van der Waals surface area contributed by atoms with E-state index < -0.39 is 0 Å². The van der Waals surface area contributed by atoms with E-state index in [1.165, 1.54) is 23.3 Å². The fourth-order valence-electron chi connectivity index (χ4n) is 3.85. The molecule has 1 aliphatic rings. The summed E-state index contributed by atoms with van der Waals surface area (Å²) in [7, 11) is 1.88. The van der Waals surface area contributed by atoms with Gasteiger partial charge in [-0.25, -0.2) is 4.98 Å². The van der Waals surface area contributed by atoms with Crippen molar-refractivity contribution < 1.29 is 5.11 Å². The van der Waals surface area contributed by atoms with E-state index in [2.05, 4.69) is 0 Å². The number of aliphatic hydroxyl groups is 1. The van der Waals surface area contributed by atoms with Gasteiger partial charge in [-0.1, -0.05) is 36.8 Å². The number of thiophene rings is 1. The Kier molecular flexibility index (Phi) is 5.27. The first-order valence-electron chi connectivity index (χ1n) is 9.60. The second-order valence-corrected chi connectivity index (χ2v) is 8.26. The standard InChI is InChI=1S/C21H25N3O2S/c1-23(12-13-25)21-22-19-18(16-10-6-3-7-11-17(16)27-19)20(26)24(21)14-15-8-4-2-5-9-15/h2,4-5,8-9,25H,3,6-7,10-14H2,1H3. The number of benzene rings is 1. The molecule has 0 fully saturated rings. The molecule has 1 aromatic carbocycles. The fraction of sp³-hybridized carbons (Fsp3) is 0.429. The highest BCUT2D eigenvalue weighted by molar-refractivity contribution is 7.18. The number of fused-ring (bicyclic) bond motifs is 3. The lowest BCUT2D eigenvalue weighted by Crippen LogP contribution is -2.32. The molecule has 0 aliphatic heterocycles. The molecule has 4 rings (SSSR count). The van der Waals surface area contributed by atoms with E-state index in [-0.39, 0.29) is 12.2 Å². The minimum absolute atomic E-state index is 0.0245. The molecule has 1 aliphatic carbocycles. The number of hydrogen-bond acceptors (Lipinski definition) is 5. The molecule has 2 heterocycles.